The summed E-state index contributed by atoms with van der Waals surface area (Å²) in [6.07, 6.45) is 3.68. The molecule has 0 unspecified atom stereocenters. The van der Waals surface area contributed by atoms with Gasteiger partial charge in [-0.3, -0.25) is 0 Å². The zero-order valence-electron chi connectivity index (χ0n) is 20.6. The highest BCUT2D eigenvalue weighted by atomic mass is 14.5. The van der Waals surface area contributed by atoms with Crippen molar-refractivity contribution in [2.75, 3.05) is 0 Å². The van der Waals surface area contributed by atoms with Crippen molar-refractivity contribution in [3.63, 3.8) is 0 Å². The third kappa shape index (κ3) is 4.69. The van der Waals surface area contributed by atoms with Crippen LogP contribution in [0.1, 0.15) is 88.6 Å². The maximum atomic E-state index is 2.39. The van der Waals surface area contributed by atoms with Crippen LogP contribution in [0.3, 0.4) is 0 Å². The van der Waals surface area contributed by atoms with E-state index in [0.29, 0.717) is 0 Å². The average Bonchev–Trinajstić information content (AvgIpc) is 3.09. The van der Waals surface area contributed by atoms with Gasteiger partial charge in [0.2, 0.25) is 0 Å². The lowest BCUT2D eigenvalue weighted by molar-refractivity contribution is 0.711. The molecule has 3 aromatic rings. The van der Waals surface area contributed by atoms with Crippen LogP contribution in [0.2, 0.25) is 0 Å². The fourth-order valence-corrected chi connectivity index (χ4v) is 4.63. The van der Waals surface area contributed by atoms with Gasteiger partial charge in [-0.15, -0.1) is 0 Å². The number of rotatable bonds is 4. The molecular weight excluding hydrogens is 372 g/mol. The van der Waals surface area contributed by atoms with Crippen molar-refractivity contribution in [3.05, 3.63) is 112 Å². The minimum absolute atomic E-state index is 0.178. The molecular formula is C31H40. The molecule has 164 valence electrons. The molecule has 0 radical (unpaired) electrons. The zero-order valence-corrected chi connectivity index (χ0v) is 20.6. The summed E-state index contributed by atoms with van der Waals surface area (Å²) in [6.45, 7) is 15.1. The van der Waals surface area contributed by atoms with Crippen LogP contribution in [0.5, 0.6) is 0 Å². The highest BCUT2D eigenvalue weighted by molar-refractivity contribution is 5.84. The molecule has 1 aliphatic carbocycles. The monoisotopic (exact) mass is 412 g/mol. The predicted molar refractivity (Wildman–Crippen MR) is 139 cm³/mol. The number of hydrogen-bond donors (Lipinski definition) is 0. The second-order valence-corrected chi connectivity index (χ2v) is 7.99. The summed E-state index contributed by atoms with van der Waals surface area (Å²) < 4.78 is 0. The van der Waals surface area contributed by atoms with E-state index in [-0.39, 0.29) is 5.41 Å². The van der Waals surface area contributed by atoms with Crippen molar-refractivity contribution in [3.8, 4) is 0 Å². The fraction of sp³-hybridized carbons (Fsp3) is 0.355. The number of allylic oxidation sites excluding steroid dienone is 2. The normalized spacial score (nSPS) is 13.5. The topological polar surface area (TPSA) is 0 Å². The van der Waals surface area contributed by atoms with Crippen molar-refractivity contribution in [1.29, 1.82) is 0 Å². The van der Waals surface area contributed by atoms with Crippen LogP contribution in [-0.2, 0) is 5.41 Å². The van der Waals surface area contributed by atoms with E-state index in [9.17, 15) is 0 Å². The zero-order chi connectivity index (χ0) is 22.9. The van der Waals surface area contributed by atoms with Crippen molar-refractivity contribution in [2.24, 2.45) is 0 Å². The van der Waals surface area contributed by atoms with Gasteiger partial charge in [0.25, 0.3) is 0 Å². The smallest absolute Gasteiger partial charge is 0.0673 e. The minimum atomic E-state index is -0.178. The van der Waals surface area contributed by atoms with Crippen LogP contribution in [0, 0.1) is 6.92 Å². The molecule has 0 fully saturated rings. The van der Waals surface area contributed by atoms with Gasteiger partial charge < -0.3 is 0 Å². The van der Waals surface area contributed by atoms with Gasteiger partial charge in [-0.25, -0.2) is 0 Å². The molecule has 0 spiro atoms. The molecule has 3 aromatic carbocycles. The van der Waals surface area contributed by atoms with E-state index in [1.54, 1.807) is 0 Å². The number of unbranched alkanes of at least 4 members (excludes halogenated alkanes) is 1. The second-order valence-electron chi connectivity index (χ2n) is 7.99. The molecule has 0 aliphatic heterocycles. The first kappa shape index (κ1) is 24.7. The summed E-state index contributed by atoms with van der Waals surface area (Å²) >= 11 is 0. The van der Waals surface area contributed by atoms with Crippen molar-refractivity contribution in [1.82, 2.24) is 0 Å². The summed E-state index contributed by atoms with van der Waals surface area (Å²) in [6, 6.07) is 28.9. The van der Waals surface area contributed by atoms with Gasteiger partial charge in [-0.1, -0.05) is 132 Å². The Balaban J connectivity index is 0.000000513. The van der Waals surface area contributed by atoms with E-state index < -0.39 is 0 Å². The lowest BCUT2D eigenvalue weighted by atomic mass is 9.66. The Labute approximate surface area is 191 Å². The number of fused-ring (bicyclic) bond motifs is 1. The largest absolute Gasteiger partial charge is 0.0683 e. The molecule has 0 nitrogen and oxygen atoms in total. The van der Waals surface area contributed by atoms with E-state index in [1.165, 1.54) is 51.8 Å². The maximum absolute atomic E-state index is 2.39. The Morgan fingerprint density at radius 2 is 1.13 bits per heavy atom. The summed E-state index contributed by atoms with van der Waals surface area (Å²) in [5, 5.41) is 0. The molecule has 0 N–H and O–H groups in total. The maximum Gasteiger partial charge on any atom is 0.0673 e. The third-order valence-corrected chi connectivity index (χ3v) is 6.16. The summed E-state index contributed by atoms with van der Waals surface area (Å²) in [5.74, 6) is 0. The van der Waals surface area contributed by atoms with Crippen molar-refractivity contribution < 1.29 is 0 Å². The van der Waals surface area contributed by atoms with E-state index in [0.717, 1.165) is 6.42 Å². The molecule has 0 saturated carbocycles. The molecule has 31 heavy (non-hydrogen) atoms. The highest BCUT2D eigenvalue weighted by Gasteiger charge is 2.45. The van der Waals surface area contributed by atoms with Gasteiger partial charge in [0, 0.05) is 0 Å². The Morgan fingerprint density at radius 3 is 1.55 bits per heavy atom. The lowest BCUT2D eigenvalue weighted by Crippen LogP contribution is -2.29. The Morgan fingerprint density at radius 1 is 0.645 bits per heavy atom. The third-order valence-electron chi connectivity index (χ3n) is 6.16. The molecule has 0 aromatic heterocycles. The van der Waals surface area contributed by atoms with E-state index in [4.69, 9.17) is 0 Å². The van der Waals surface area contributed by atoms with Crippen LogP contribution in [0.25, 0.3) is 5.57 Å². The second kappa shape index (κ2) is 11.7. The van der Waals surface area contributed by atoms with Crippen molar-refractivity contribution >= 4 is 5.57 Å². The van der Waals surface area contributed by atoms with E-state index >= 15 is 0 Å². The summed E-state index contributed by atoms with van der Waals surface area (Å²) in [5.41, 5.74) is 9.65. The van der Waals surface area contributed by atoms with Gasteiger partial charge in [-0.05, 0) is 53.7 Å². The van der Waals surface area contributed by atoms with Crippen LogP contribution >= 0.6 is 0 Å². The lowest BCUT2D eigenvalue weighted by Gasteiger charge is -2.36. The van der Waals surface area contributed by atoms with Crippen LogP contribution < -0.4 is 0 Å². The standard InChI is InChI=1S/C25H24.C4H10.C2H6/c1-4-23-19(3)22-16-15-18(2)17-24(22)25(23,20-11-7-5-8-12-20)21-13-9-6-10-14-21;1-3-4-2;1-2/h5-17H,4H2,1-3H3;3-4H2,1-2H3;1-2H3. The first-order chi connectivity index (χ1) is 15.1. The first-order valence-corrected chi connectivity index (χ1v) is 12.0. The molecule has 0 saturated heterocycles. The van der Waals surface area contributed by atoms with Crippen molar-refractivity contribution in [2.45, 2.75) is 73.1 Å². The number of aryl methyl sites for hydroxylation is 1. The Bertz CT molecular complexity index is 920. The first-order valence-electron chi connectivity index (χ1n) is 12.0. The molecule has 0 atom stereocenters. The van der Waals surface area contributed by atoms with Gasteiger partial charge in [0.05, 0.1) is 5.41 Å². The summed E-state index contributed by atoms with van der Waals surface area (Å²) in [4.78, 5) is 0. The molecule has 0 bridgehead atoms. The van der Waals surface area contributed by atoms with Crippen LogP contribution in [0.15, 0.2) is 84.4 Å². The fourth-order valence-electron chi connectivity index (χ4n) is 4.63. The van der Waals surface area contributed by atoms with Gasteiger partial charge in [-0.2, -0.15) is 0 Å². The quantitative estimate of drug-likeness (QED) is 0.400. The number of benzene rings is 3. The van der Waals surface area contributed by atoms with Gasteiger partial charge in [0.15, 0.2) is 0 Å². The van der Waals surface area contributed by atoms with E-state index in [2.05, 4.69) is 113 Å². The highest BCUT2D eigenvalue weighted by Crippen LogP contribution is 2.55. The molecule has 0 heterocycles. The number of hydrogen-bond acceptors (Lipinski definition) is 0. The Hall–Kier alpha value is -2.60. The average molecular weight is 413 g/mol. The molecule has 1 aliphatic rings. The Kier molecular flexibility index (Phi) is 9.31. The molecule has 0 amide bonds. The molecule has 4 rings (SSSR count). The van der Waals surface area contributed by atoms with Gasteiger partial charge in [0.1, 0.15) is 0 Å². The van der Waals surface area contributed by atoms with Crippen LogP contribution in [-0.4, -0.2) is 0 Å². The minimum Gasteiger partial charge on any atom is -0.0683 e. The predicted octanol–water partition coefficient (Wildman–Crippen LogP) is 9.36. The molecule has 0 heteroatoms. The SMILES string of the molecule is CC.CCC1=C(C)c2ccc(C)cc2C1(c1ccccc1)c1ccccc1.CCCC. The summed E-state index contributed by atoms with van der Waals surface area (Å²) in [7, 11) is 0. The van der Waals surface area contributed by atoms with Gasteiger partial charge >= 0.3 is 0 Å². The van der Waals surface area contributed by atoms with E-state index in [1.807, 2.05) is 13.8 Å². The van der Waals surface area contributed by atoms with Crippen LogP contribution in [0.4, 0.5) is 0 Å².